The number of aliphatic hydroxyl groups excluding tert-OH is 1. The van der Waals surface area contributed by atoms with Crippen molar-refractivity contribution in [3.63, 3.8) is 0 Å². The molecular weight excluding hydrogens is 582 g/mol. The van der Waals surface area contributed by atoms with Crippen LogP contribution in [0.4, 0.5) is 5.82 Å². The highest BCUT2D eigenvalue weighted by molar-refractivity contribution is 6.74. The minimum atomic E-state index is -2.21. The highest BCUT2D eigenvalue weighted by Crippen LogP contribution is 2.43. The number of nitrogens with one attached hydrogen (secondary N) is 1. The Labute approximate surface area is 267 Å². The molecule has 4 atom stereocenters. The first kappa shape index (κ1) is 32.6. The van der Waals surface area contributed by atoms with Crippen LogP contribution in [0.3, 0.4) is 0 Å². The molecule has 0 aliphatic carbocycles. The van der Waals surface area contributed by atoms with Crippen LogP contribution in [0.15, 0.2) is 102 Å². The zero-order chi connectivity index (χ0) is 32.4. The third kappa shape index (κ3) is 6.62. The Balaban J connectivity index is 1.58. The smallest absolute Gasteiger partial charge is 0.351 e. The maximum Gasteiger partial charge on any atom is 0.351 e. The van der Waals surface area contributed by atoms with Crippen molar-refractivity contribution in [2.24, 2.45) is 0 Å². The summed E-state index contributed by atoms with van der Waals surface area (Å²) in [7, 11) is -0.561. The van der Waals surface area contributed by atoms with Crippen molar-refractivity contribution in [3.8, 4) is 5.75 Å². The molecule has 0 bridgehead atoms. The van der Waals surface area contributed by atoms with E-state index in [0.29, 0.717) is 12.2 Å². The maximum absolute atomic E-state index is 13.8. The van der Waals surface area contributed by atoms with Crippen LogP contribution in [-0.2, 0) is 14.7 Å². The molecule has 1 aliphatic heterocycles. The van der Waals surface area contributed by atoms with E-state index in [0.717, 1.165) is 22.4 Å². The summed E-state index contributed by atoms with van der Waals surface area (Å²) in [5.74, 6) is 1.16. The largest absolute Gasteiger partial charge is 0.497 e. The van der Waals surface area contributed by atoms with Crippen molar-refractivity contribution < 1.29 is 19.0 Å². The topological polar surface area (TPSA) is 94.8 Å². The van der Waals surface area contributed by atoms with E-state index < -0.39 is 44.1 Å². The number of anilines is 1. The Morgan fingerprint density at radius 1 is 0.933 bits per heavy atom. The number of hydrogen-bond donors (Lipinski definition) is 2. The van der Waals surface area contributed by atoms with E-state index in [1.54, 1.807) is 26.3 Å². The molecule has 0 radical (unpaired) electrons. The monoisotopic (exact) mass is 627 g/mol. The van der Waals surface area contributed by atoms with E-state index in [2.05, 4.69) is 68.4 Å². The number of hydrogen-bond acceptors (Lipinski definition) is 7. The summed E-state index contributed by atoms with van der Waals surface area (Å²) in [5.41, 5.74) is 1.57. The van der Waals surface area contributed by atoms with Gasteiger partial charge in [0.15, 0.2) is 14.5 Å². The van der Waals surface area contributed by atoms with E-state index in [9.17, 15) is 9.90 Å². The first-order valence-electron chi connectivity index (χ1n) is 15.5. The molecule has 1 aliphatic rings. The van der Waals surface area contributed by atoms with Gasteiger partial charge in [0.1, 0.15) is 17.1 Å². The van der Waals surface area contributed by atoms with Crippen molar-refractivity contribution in [2.75, 3.05) is 12.4 Å². The van der Waals surface area contributed by atoms with Crippen LogP contribution in [0.25, 0.3) is 0 Å². The summed E-state index contributed by atoms with van der Waals surface area (Å²) < 4.78 is 20.0. The van der Waals surface area contributed by atoms with Crippen LogP contribution in [0, 0.1) is 0 Å². The molecule has 1 aromatic heterocycles. The third-order valence-corrected chi connectivity index (χ3v) is 13.7. The summed E-state index contributed by atoms with van der Waals surface area (Å²) in [4.78, 5) is 18.3. The lowest BCUT2D eigenvalue weighted by Gasteiger charge is -2.39. The fourth-order valence-corrected chi connectivity index (χ4v) is 7.01. The first-order valence-corrected chi connectivity index (χ1v) is 18.4. The van der Waals surface area contributed by atoms with Crippen LogP contribution in [-0.4, -0.2) is 48.4 Å². The highest BCUT2D eigenvalue weighted by Gasteiger charge is 2.46. The highest BCUT2D eigenvalue weighted by atomic mass is 28.4. The maximum atomic E-state index is 13.8. The zero-order valence-electron chi connectivity index (χ0n) is 27.2. The number of ether oxygens (including phenoxy) is 2. The Kier molecular flexibility index (Phi) is 9.37. The van der Waals surface area contributed by atoms with Gasteiger partial charge in [-0.2, -0.15) is 4.98 Å². The summed E-state index contributed by atoms with van der Waals surface area (Å²) >= 11 is 0. The van der Waals surface area contributed by atoms with Gasteiger partial charge in [0.25, 0.3) is 0 Å². The summed E-state index contributed by atoms with van der Waals surface area (Å²) in [6.45, 7) is 12.6. The Morgan fingerprint density at radius 2 is 1.49 bits per heavy atom. The fraction of sp³-hybridized carbons (Fsp3) is 0.389. The molecule has 9 heteroatoms. The molecular formula is C36H45N3O5Si. The van der Waals surface area contributed by atoms with E-state index in [1.807, 2.05) is 60.7 Å². The lowest BCUT2D eigenvalue weighted by molar-refractivity contribution is -0.0711. The molecule has 5 rings (SSSR count). The van der Waals surface area contributed by atoms with Gasteiger partial charge in [0.2, 0.25) is 0 Å². The predicted molar refractivity (Wildman–Crippen MR) is 180 cm³/mol. The van der Waals surface area contributed by atoms with Crippen molar-refractivity contribution in [3.05, 3.63) is 124 Å². The molecule has 0 spiro atoms. The van der Waals surface area contributed by atoms with Crippen molar-refractivity contribution >= 4 is 14.1 Å². The standard InChI is InChI=1S/C36H45N3O5Si/c1-25(40)30-24-31(44-45(6,7)35(2,3)4)33(43-30)39-23-22-32(37-34(39)41)38-36(26-14-10-8-11-15-26,27-16-12-9-13-17-27)28-18-20-29(42-5)21-19-28/h8-23,25,30-31,33,40H,24H2,1-7H3,(H,37,38,41)/t25?,30-,31+,33+/m0/s1. The molecule has 2 heterocycles. The fourth-order valence-electron chi connectivity index (χ4n) is 5.69. The molecule has 1 saturated heterocycles. The van der Waals surface area contributed by atoms with E-state index >= 15 is 0 Å². The van der Waals surface area contributed by atoms with Crippen LogP contribution >= 0.6 is 0 Å². The van der Waals surface area contributed by atoms with Gasteiger partial charge in [-0.1, -0.05) is 93.6 Å². The second kappa shape index (κ2) is 12.9. The van der Waals surface area contributed by atoms with Crippen LogP contribution in [0.5, 0.6) is 5.75 Å². The summed E-state index contributed by atoms with van der Waals surface area (Å²) in [6.07, 6.45) is -0.0496. The molecule has 3 aromatic carbocycles. The Hall–Kier alpha value is -3.76. The molecule has 1 fully saturated rings. The number of methoxy groups -OCH3 is 1. The van der Waals surface area contributed by atoms with E-state index in [-0.39, 0.29) is 5.04 Å². The Morgan fingerprint density at radius 3 is 1.98 bits per heavy atom. The molecule has 0 saturated carbocycles. The second-order valence-electron chi connectivity index (χ2n) is 13.3. The molecule has 8 nitrogen and oxygen atoms in total. The molecule has 45 heavy (non-hydrogen) atoms. The average Bonchev–Trinajstić information content (AvgIpc) is 3.43. The van der Waals surface area contributed by atoms with Gasteiger partial charge < -0.3 is 24.3 Å². The molecule has 4 aromatic rings. The number of benzene rings is 3. The van der Waals surface area contributed by atoms with Crippen LogP contribution < -0.4 is 15.7 Å². The van der Waals surface area contributed by atoms with Crippen molar-refractivity contribution in [2.45, 2.75) is 82.3 Å². The van der Waals surface area contributed by atoms with Crippen molar-refractivity contribution in [1.29, 1.82) is 0 Å². The summed E-state index contributed by atoms with van der Waals surface area (Å²) in [5, 5.41) is 14.0. The molecule has 0 amide bonds. The zero-order valence-corrected chi connectivity index (χ0v) is 28.2. The minimum Gasteiger partial charge on any atom is -0.497 e. The second-order valence-corrected chi connectivity index (χ2v) is 18.1. The van der Waals surface area contributed by atoms with Gasteiger partial charge >= 0.3 is 5.69 Å². The normalized spacial score (nSPS) is 19.7. The van der Waals surface area contributed by atoms with Gasteiger partial charge in [-0.3, -0.25) is 4.57 Å². The van der Waals surface area contributed by atoms with Gasteiger partial charge in [-0.05, 0) is 59.9 Å². The van der Waals surface area contributed by atoms with E-state index in [1.165, 1.54) is 4.57 Å². The van der Waals surface area contributed by atoms with Crippen LogP contribution in [0.2, 0.25) is 18.1 Å². The van der Waals surface area contributed by atoms with Gasteiger partial charge in [-0.15, -0.1) is 0 Å². The number of aliphatic hydroxyl groups is 1. The summed E-state index contributed by atoms with van der Waals surface area (Å²) in [6, 6.07) is 30.0. The van der Waals surface area contributed by atoms with Crippen LogP contribution in [0.1, 0.15) is 57.0 Å². The molecule has 1 unspecified atom stereocenters. The quantitative estimate of drug-likeness (QED) is 0.149. The van der Waals surface area contributed by atoms with Crippen molar-refractivity contribution in [1.82, 2.24) is 9.55 Å². The lowest BCUT2D eigenvalue weighted by Crippen LogP contribution is -2.46. The molecule has 2 N–H and O–H groups in total. The van der Waals surface area contributed by atoms with Gasteiger partial charge in [-0.25, -0.2) is 4.79 Å². The van der Waals surface area contributed by atoms with Gasteiger partial charge in [0, 0.05) is 12.6 Å². The lowest BCUT2D eigenvalue weighted by atomic mass is 9.77. The number of aromatic nitrogens is 2. The van der Waals surface area contributed by atoms with E-state index in [4.69, 9.17) is 13.9 Å². The van der Waals surface area contributed by atoms with Gasteiger partial charge in [0.05, 0.1) is 25.4 Å². The SMILES string of the molecule is COc1ccc(C(Nc2ccn([C@@H]3O[C@H](C(C)O)C[C@H]3O[Si](C)(C)C(C)(C)C)c(=O)n2)(c2ccccc2)c2ccccc2)cc1. The number of rotatable bonds is 10. The third-order valence-electron chi connectivity index (χ3n) is 9.24. The number of nitrogens with zero attached hydrogens (tertiary/aromatic N) is 2. The molecule has 238 valence electrons. The minimum absolute atomic E-state index is 0.0306. The Bertz CT molecular complexity index is 1580. The first-order chi connectivity index (χ1) is 21.4. The predicted octanol–water partition coefficient (Wildman–Crippen LogP) is 6.71. The average molecular weight is 628 g/mol.